The molecule has 4 aliphatic carbocycles. The molecular formula is C13H25Y-. The molecule has 4 aliphatic rings. The summed E-state index contributed by atoms with van der Waals surface area (Å²) in [4.78, 5) is 0. The standard InChI is InChI=1S/C10H16.C2H6.CH3.Y/c1-7-2-9-4-8(1)5-10(3-7)6-9;1-2;;/h7-10H,1-6H2;1-2H3;1H3;/q;;-1;. The van der Waals surface area contributed by atoms with Crippen molar-refractivity contribution in [2.24, 2.45) is 23.7 Å². The second-order valence-electron chi connectivity index (χ2n) is 4.88. The molecule has 0 heterocycles. The predicted molar refractivity (Wildman–Crippen MR) is 59.4 cm³/mol. The van der Waals surface area contributed by atoms with Gasteiger partial charge in [0.2, 0.25) is 0 Å². The van der Waals surface area contributed by atoms with Gasteiger partial charge in [-0.2, -0.15) is 0 Å². The van der Waals surface area contributed by atoms with Gasteiger partial charge < -0.3 is 7.43 Å². The van der Waals surface area contributed by atoms with Crippen molar-refractivity contribution in [2.75, 3.05) is 0 Å². The van der Waals surface area contributed by atoms with Crippen LogP contribution in [0.15, 0.2) is 0 Å². The van der Waals surface area contributed by atoms with Gasteiger partial charge in [-0.15, -0.1) is 0 Å². The van der Waals surface area contributed by atoms with Crippen LogP contribution in [0.2, 0.25) is 0 Å². The van der Waals surface area contributed by atoms with Gasteiger partial charge in [-0.3, -0.25) is 0 Å². The van der Waals surface area contributed by atoms with Gasteiger partial charge in [0.15, 0.2) is 0 Å². The molecule has 4 saturated carbocycles. The molecule has 1 radical (unpaired) electrons. The van der Waals surface area contributed by atoms with E-state index in [4.69, 9.17) is 0 Å². The Kier molecular flexibility index (Phi) is 7.16. The molecule has 0 aliphatic heterocycles. The van der Waals surface area contributed by atoms with E-state index in [2.05, 4.69) is 0 Å². The Hall–Kier alpha value is 1.10. The van der Waals surface area contributed by atoms with E-state index in [0.717, 1.165) is 0 Å². The van der Waals surface area contributed by atoms with Gasteiger partial charge in [-0.05, 0) is 62.2 Å². The van der Waals surface area contributed by atoms with Crippen LogP contribution in [0.1, 0.15) is 52.4 Å². The van der Waals surface area contributed by atoms with Gasteiger partial charge in [-0.1, -0.05) is 13.8 Å². The Morgan fingerprint density at radius 2 is 0.714 bits per heavy atom. The zero-order valence-electron chi connectivity index (χ0n) is 10.1. The van der Waals surface area contributed by atoms with E-state index in [0.29, 0.717) is 0 Å². The van der Waals surface area contributed by atoms with Gasteiger partial charge in [0.1, 0.15) is 0 Å². The number of hydrogen-bond donors (Lipinski definition) is 0. The Morgan fingerprint density at radius 3 is 0.857 bits per heavy atom. The molecule has 0 aromatic carbocycles. The van der Waals surface area contributed by atoms with E-state index in [9.17, 15) is 0 Å². The summed E-state index contributed by atoms with van der Waals surface area (Å²) in [5.74, 6) is 4.71. The molecule has 4 rings (SSSR count). The van der Waals surface area contributed by atoms with Gasteiger partial charge in [0.25, 0.3) is 0 Å². The SMILES string of the molecule is C1C2CC3CC1CC(C2)C3.CC.[CH3-].[Y]. The van der Waals surface area contributed by atoms with E-state index in [1.165, 1.54) is 23.7 Å². The molecule has 0 saturated heterocycles. The summed E-state index contributed by atoms with van der Waals surface area (Å²) in [6.45, 7) is 4.00. The van der Waals surface area contributed by atoms with Crippen molar-refractivity contribution < 1.29 is 32.7 Å². The quantitative estimate of drug-likeness (QED) is 0.575. The van der Waals surface area contributed by atoms with Gasteiger partial charge in [0, 0.05) is 32.7 Å². The van der Waals surface area contributed by atoms with Crippen LogP contribution in [-0.4, -0.2) is 0 Å². The third-order valence-electron chi connectivity index (χ3n) is 4.00. The Morgan fingerprint density at radius 1 is 0.571 bits per heavy atom. The largest absolute Gasteiger partial charge is 0.358 e. The first-order chi connectivity index (χ1) is 5.90. The maximum atomic E-state index is 2.00. The third kappa shape index (κ3) is 3.05. The minimum atomic E-state index is 0. The van der Waals surface area contributed by atoms with Crippen LogP contribution < -0.4 is 0 Å². The van der Waals surface area contributed by atoms with E-state index in [1.807, 2.05) is 13.8 Å². The van der Waals surface area contributed by atoms with E-state index < -0.39 is 0 Å². The molecule has 4 fully saturated rings. The van der Waals surface area contributed by atoms with Crippen LogP contribution in [0.25, 0.3) is 0 Å². The maximum absolute atomic E-state index is 2.00. The molecule has 0 aromatic heterocycles. The summed E-state index contributed by atoms with van der Waals surface area (Å²) in [7, 11) is 0. The third-order valence-corrected chi connectivity index (χ3v) is 4.00. The normalized spacial score (nSPS) is 41.6. The molecule has 81 valence electrons. The molecule has 4 bridgehead atoms. The molecular weight excluding hydrogens is 245 g/mol. The monoisotopic (exact) mass is 270 g/mol. The second-order valence-corrected chi connectivity index (χ2v) is 4.88. The minimum absolute atomic E-state index is 0. The van der Waals surface area contributed by atoms with E-state index >= 15 is 0 Å². The van der Waals surface area contributed by atoms with Crippen LogP contribution in [-0.2, 0) is 32.7 Å². The maximum Gasteiger partial charge on any atom is 0 e. The Labute approximate surface area is 115 Å². The zero-order valence-corrected chi connectivity index (χ0v) is 13.0. The predicted octanol–water partition coefficient (Wildman–Crippen LogP) is 4.31. The zero-order chi connectivity index (χ0) is 8.55. The van der Waals surface area contributed by atoms with Crippen LogP contribution >= 0.6 is 0 Å². The molecule has 0 amide bonds. The molecule has 0 unspecified atom stereocenters. The van der Waals surface area contributed by atoms with Crippen molar-refractivity contribution in [1.29, 1.82) is 0 Å². The molecule has 0 aromatic rings. The van der Waals surface area contributed by atoms with E-state index in [-0.39, 0.29) is 40.1 Å². The molecule has 0 N–H and O–H groups in total. The van der Waals surface area contributed by atoms with Crippen LogP contribution in [0.4, 0.5) is 0 Å². The molecule has 1 heteroatoms. The fourth-order valence-electron chi connectivity index (χ4n) is 3.98. The summed E-state index contributed by atoms with van der Waals surface area (Å²) in [5, 5.41) is 0. The topological polar surface area (TPSA) is 0 Å². The van der Waals surface area contributed by atoms with Crippen LogP contribution in [0.3, 0.4) is 0 Å². The summed E-state index contributed by atoms with van der Waals surface area (Å²) < 4.78 is 0. The Bertz CT molecular complexity index is 96.8. The second kappa shape index (κ2) is 6.64. The van der Waals surface area contributed by atoms with Crippen molar-refractivity contribution in [1.82, 2.24) is 0 Å². The van der Waals surface area contributed by atoms with Gasteiger partial charge in [-0.25, -0.2) is 0 Å². The van der Waals surface area contributed by atoms with Crippen LogP contribution in [0.5, 0.6) is 0 Å². The average Bonchev–Trinajstić information content (AvgIpc) is 2.05. The number of hydrogen-bond acceptors (Lipinski definition) is 0. The molecule has 0 spiro atoms. The van der Waals surface area contributed by atoms with Crippen LogP contribution in [0, 0.1) is 31.1 Å². The smallest absolute Gasteiger partial charge is 0 e. The van der Waals surface area contributed by atoms with Crippen molar-refractivity contribution >= 4 is 0 Å². The van der Waals surface area contributed by atoms with E-state index in [1.54, 1.807) is 38.5 Å². The summed E-state index contributed by atoms with van der Waals surface area (Å²) in [5.41, 5.74) is 0. The van der Waals surface area contributed by atoms with Crippen molar-refractivity contribution in [3.05, 3.63) is 7.43 Å². The summed E-state index contributed by atoms with van der Waals surface area (Å²) in [6, 6.07) is 0. The molecule has 0 nitrogen and oxygen atoms in total. The van der Waals surface area contributed by atoms with Crippen molar-refractivity contribution in [2.45, 2.75) is 52.4 Å². The number of rotatable bonds is 0. The summed E-state index contributed by atoms with van der Waals surface area (Å²) >= 11 is 0. The fourth-order valence-corrected chi connectivity index (χ4v) is 3.98. The van der Waals surface area contributed by atoms with Crippen molar-refractivity contribution in [3.63, 3.8) is 0 Å². The van der Waals surface area contributed by atoms with Gasteiger partial charge >= 0.3 is 0 Å². The molecule has 0 atom stereocenters. The minimum Gasteiger partial charge on any atom is -0.358 e. The average molecular weight is 270 g/mol. The summed E-state index contributed by atoms with van der Waals surface area (Å²) in [6.07, 6.45) is 9.62. The fraction of sp³-hybridized carbons (Fsp3) is 0.923. The first-order valence-corrected chi connectivity index (χ1v) is 5.90. The van der Waals surface area contributed by atoms with Gasteiger partial charge in [0.05, 0.1) is 0 Å². The first-order valence-electron chi connectivity index (χ1n) is 5.90. The van der Waals surface area contributed by atoms with Crippen molar-refractivity contribution in [3.8, 4) is 0 Å². The Balaban J connectivity index is 0.000000401. The molecule has 14 heavy (non-hydrogen) atoms. The first kappa shape index (κ1) is 15.1.